The molecule has 0 N–H and O–H groups in total. The number of ether oxygens (including phenoxy) is 1. The first-order valence-corrected chi connectivity index (χ1v) is 5.51. The van der Waals surface area contributed by atoms with E-state index >= 15 is 0 Å². The van der Waals surface area contributed by atoms with Crippen LogP contribution in [-0.4, -0.2) is 12.9 Å². The summed E-state index contributed by atoms with van der Waals surface area (Å²) in [5.74, 6) is -0.171. The predicted molar refractivity (Wildman–Crippen MR) is 54.9 cm³/mol. The summed E-state index contributed by atoms with van der Waals surface area (Å²) in [5, 5.41) is 0.193. The van der Waals surface area contributed by atoms with Gasteiger partial charge in [0.05, 0.1) is 10.0 Å². The molecule has 0 atom stereocenters. The monoisotopic (exact) mass is 258 g/mol. The summed E-state index contributed by atoms with van der Waals surface area (Å²) in [6.45, 7) is -2.93. The van der Waals surface area contributed by atoms with Crippen LogP contribution in [0.3, 0.4) is 0 Å². The van der Waals surface area contributed by atoms with Gasteiger partial charge in [-0.05, 0) is 18.4 Å². The van der Waals surface area contributed by atoms with Gasteiger partial charge >= 0.3 is 6.61 Å². The largest absolute Gasteiger partial charge is 0.432 e. The average Bonchev–Trinajstić information content (AvgIpc) is 2.12. The van der Waals surface area contributed by atoms with Crippen molar-refractivity contribution >= 4 is 35.0 Å². The number of hydrogen-bond acceptors (Lipinski definition) is 2. The molecule has 0 unspecified atom stereocenters. The van der Waals surface area contributed by atoms with Crippen LogP contribution in [0.25, 0.3) is 0 Å². The fraction of sp³-hybridized carbons (Fsp3) is 0.250. The van der Waals surface area contributed by atoms with E-state index in [4.69, 9.17) is 23.2 Å². The summed E-state index contributed by atoms with van der Waals surface area (Å²) in [5.41, 5.74) is 0. The van der Waals surface area contributed by atoms with E-state index < -0.39 is 6.61 Å². The summed E-state index contributed by atoms with van der Waals surface area (Å²) in [6.07, 6.45) is 1.78. The molecule has 0 saturated heterocycles. The van der Waals surface area contributed by atoms with Crippen molar-refractivity contribution in [2.45, 2.75) is 11.5 Å². The van der Waals surface area contributed by atoms with Crippen molar-refractivity contribution in [1.29, 1.82) is 0 Å². The first-order valence-electron chi connectivity index (χ1n) is 3.53. The highest BCUT2D eigenvalue weighted by Crippen LogP contribution is 2.39. The highest BCUT2D eigenvalue weighted by Gasteiger charge is 2.15. The maximum absolute atomic E-state index is 12.0. The Morgan fingerprint density at radius 1 is 1.36 bits per heavy atom. The van der Waals surface area contributed by atoms with E-state index in [1.165, 1.54) is 17.8 Å². The number of hydrogen-bond donors (Lipinski definition) is 0. The van der Waals surface area contributed by atoms with Crippen LogP contribution in [0.2, 0.25) is 10.0 Å². The Hall–Kier alpha value is -0.190. The molecule has 0 spiro atoms. The first-order chi connectivity index (χ1) is 6.56. The molecule has 14 heavy (non-hydrogen) atoms. The van der Waals surface area contributed by atoms with Crippen molar-refractivity contribution in [2.75, 3.05) is 6.26 Å². The van der Waals surface area contributed by atoms with Crippen molar-refractivity contribution in [3.8, 4) is 5.75 Å². The highest BCUT2D eigenvalue weighted by atomic mass is 35.5. The van der Waals surface area contributed by atoms with Crippen molar-refractivity contribution in [3.63, 3.8) is 0 Å². The van der Waals surface area contributed by atoms with E-state index in [9.17, 15) is 8.78 Å². The zero-order chi connectivity index (χ0) is 10.7. The second-order valence-corrected chi connectivity index (χ2v) is 3.90. The number of benzene rings is 1. The molecule has 0 bridgehead atoms. The SMILES string of the molecule is CSc1ccc(Cl)c(OC(F)F)c1Cl. The molecule has 0 aliphatic carbocycles. The Kier molecular flexibility index (Phi) is 4.29. The fourth-order valence-electron chi connectivity index (χ4n) is 0.869. The lowest BCUT2D eigenvalue weighted by Crippen LogP contribution is -2.03. The van der Waals surface area contributed by atoms with Gasteiger partial charge in [0.2, 0.25) is 0 Å². The molecule has 6 heteroatoms. The van der Waals surface area contributed by atoms with Gasteiger partial charge in [0.15, 0.2) is 5.75 Å². The number of thioether (sulfide) groups is 1. The van der Waals surface area contributed by atoms with E-state index in [-0.39, 0.29) is 15.8 Å². The molecule has 0 heterocycles. The van der Waals surface area contributed by atoms with Crippen LogP contribution in [0.4, 0.5) is 8.78 Å². The number of rotatable bonds is 3. The van der Waals surface area contributed by atoms with Crippen molar-refractivity contribution in [1.82, 2.24) is 0 Å². The Morgan fingerprint density at radius 3 is 2.50 bits per heavy atom. The normalized spacial score (nSPS) is 10.7. The minimum atomic E-state index is -2.93. The molecular formula is C8H6Cl2F2OS. The fourth-order valence-corrected chi connectivity index (χ4v) is 2.04. The summed E-state index contributed by atoms with van der Waals surface area (Å²) in [6, 6.07) is 3.12. The summed E-state index contributed by atoms with van der Waals surface area (Å²) >= 11 is 12.8. The third-order valence-corrected chi connectivity index (χ3v) is 3.01. The standard InChI is InChI=1S/C8H6Cl2F2OS/c1-14-5-3-2-4(9)7(6(5)10)13-8(11)12/h2-3,8H,1H3. The van der Waals surface area contributed by atoms with E-state index in [1.54, 1.807) is 12.3 Å². The average molecular weight is 259 g/mol. The highest BCUT2D eigenvalue weighted by molar-refractivity contribution is 7.98. The van der Waals surface area contributed by atoms with Gasteiger partial charge < -0.3 is 4.74 Å². The van der Waals surface area contributed by atoms with Crippen LogP contribution < -0.4 is 4.74 Å². The summed E-state index contributed by atoms with van der Waals surface area (Å²) in [7, 11) is 0. The molecule has 0 aliphatic rings. The van der Waals surface area contributed by atoms with Gasteiger partial charge in [-0.2, -0.15) is 8.78 Å². The van der Waals surface area contributed by atoms with Crippen molar-refractivity contribution in [2.24, 2.45) is 0 Å². The molecule has 0 saturated carbocycles. The van der Waals surface area contributed by atoms with Gasteiger partial charge in [-0.15, -0.1) is 11.8 Å². The Labute approximate surface area is 94.3 Å². The van der Waals surface area contributed by atoms with Crippen LogP contribution in [-0.2, 0) is 0 Å². The quantitative estimate of drug-likeness (QED) is 0.747. The van der Waals surface area contributed by atoms with Crippen LogP contribution >= 0.6 is 35.0 Å². The van der Waals surface area contributed by atoms with Crippen molar-refractivity contribution in [3.05, 3.63) is 22.2 Å². The van der Waals surface area contributed by atoms with Gasteiger partial charge in [-0.1, -0.05) is 23.2 Å². The zero-order valence-electron chi connectivity index (χ0n) is 7.06. The molecule has 1 nitrogen and oxygen atoms in total. The Bertz CT molecular complexity index is 333. The van der Waals surface area contributed by atoms with Crippen LogP contribution in [0, 0.1) is 0 Å². The molecule has 0 aromatic heterocycles. The summed E-state index contributed by atoms with van der Waals surface area (Å²) < 4.78 is 28.1. The maximum Gasteiger partial charge on any atom is 0.387 e. The van der Waals surface area contributed by atoms with Gasteiger partial charge in [-0.25, -0.2) is 0 Å². The molecule has 1 aromatic rings. The smallest absolute Gasteiger partial charge is 0.387 e. The minimum Gasteiger partial charge on any atom is -0.432 e. The lowest BCUT2D eigenvalue weighted by molar-refractivity contribution is -0.0498. The molecule has 78 valence electrons. The Morgan fingerprint density at radius 2 is 2.00 bits per heavy atom. The lowest BCUT2D eigenvalue weighted by Gasteiger charge is -2.10. The third kappa shape index (κ3) is 2.65. The van der Waals surface area contributed by atoms with Gasteiger partial charge in [0.25, 0.3) is 0 Å². The topological polar surface area (TPSA) is 9.23 Å². The number of alkyl halides is 2. The molecule has 1 rings (SSSR count). The lowest BCUT2D eigenvalue weighted by atomic mass is 10.3. The predicted octanol–water partition coefficient (Wildman–Crippen LogP) is 4.32. The zero-order valence-corrected chi connectivity index (χ0v) is 9.39. The van der Waals surface area contributed by atoms with Gasteiger partial charge in [-0.3, -0.25) is 0 Å². The second kappa shape index (κ2) is 5.05. The van der Waals surface area contributed by atoms with Crippen LogP contribution in [0.5, 0.6) is 5.75 Å². The van der Waals surface area contributed by atoms with E-state index in [0.717, 1.165) is 0 Å². The van der Waals surface area contributed by atoms with Gasteiger partial charge in [0.1, 0.15) is 0 Å². The minimum absolute atomic E-state index is 0.0769. The summed E-state index contributed by atoms with van der Waals surface area (Å²) in [4.78, 5) is 0.645. The molecule has 0 aliphatic heterocycles. The molecular weight excluding hydrogens is 253 g/mol. The van der Waals surface area contributed by atoms with E-state index in [0.29, 0.717) is 4.90 Å². The van der Waals surface area contributed by atoms with E-state index in [1.807, 2.05) is 0 Å². The van der Waals surface area contributed by atoms with Crippen LogP contribution in [0.1, 0.15) is 0 Å². The Balaban J connectivity index is 3.11. The number of halogens is 4. The van der Waals surface area contributed by atoms with Gasteiger partial charge in [0, 0.05) is 4.90 Å². The maximum atomic E-state index is 12.0. The molecule has 0 amide bonds. The third-order valence-electron chi connectivity index (χ3n) is 1.44. The first kappa shape index (κ1) is 11.9. The van der Waals surface area contributed by atoms with E-state index in [2.05, 4.69) is 4.74 Å². The second-order valence-electron chi connectivity index (χ2n) is 2.27. The van der Waals surface area contributed by atoms with Crippen LogP contribution in [0.15, 0.2) is 17.0 Å². The molecule has 0 radical (unpaired) electrons. The molecule has 1 aromatic carbocycles. The molecule has 0 fully saturated rings. The van der Waals surface area contributed by atoms with Crippen molar-refractivity contribution < 1.29 is 13.5 Å².